The summed E-state index contributed by atoms with van der Waals surface area (Å²) in [7, 11) is 0. The van der Waals surface area contributed by atoms with Gasteiger partial charge in [-0.15, -0.1) is 0 Å². The van der Waals surface area contributed by atoms with Gasteiger partial charge in [-0.3, -0.25) is 14.4 Å². The fourth-order valence-electron chi connectivity index (χ4n) is 2.84. The van der Waals surface area contributed by atoms with Gasteiger partial charge < -0.3 is 10.6 Å². The average molecular weight is 322 g/mol. The van der Waals surface area contributed by atoms with E-state index in [1.807, 2.05) is 24.3 Å². The van der Waals surface area contributed by atoms with Crippen LogP contribution in [0.5, 0.6) is 0 Å². The Hall–Kier alpha value is -2.95. The highest BCUT2D eigenvalue weighted by molar-refractivity contribution is 6.52. The Kier molecular flexibility index (Phi) is 3.93. The zero-order chi connectivity index (χ0) is 17.4. The fraction of sp³-hybridized carbons (Fsp3) is 0.211. The predicted octanol–water partition coefficient (Wildman–Crippen LogP) is 2.64. The largest absolute Gasteiger partial charge is 0.366 e. The third-order valence-corrected chi connectivity index (χ3v) is 4.21. The second-order valence-corrected chi connectivity index (χ2v) is 6.22. The number of anilines is 1. The summed E-state index contributed by atoms with van der Waals surface area (Å²) in [5.74, 6) is -1.43. The second-order valence-electron chi connectivity index (χ2n) is 6.22. The number of nitrogens with zero attached hydrogens (tertiary/aromatic N) is 1. The van der Waals surface area contributed by atoms with Gasteiger partial charge in [0, 0.05) is 5.56 Å². The van der Waals surface area contributed by atoms with Crippen LogP contribution in [0.4, 0.5) is 5.69 Å². The second kappa shape index (κ2) is 5.92. The number of primary amides is 1. The Morgan fingerprint density at radius 2 is 1.88 bits per heavy atom. The minimum Gasteiger partial charge on any atom is -0.366 e. The summed E-state index contributed by atoms with van der Waals surface area (Å²) < 4.78 is 0. The lowest BCUT2D eigenvalue weighted by atomic mass is 10.0. The molecule has 5 nitrogen and oxygen atoms in total. The van der Waals surface area contributed by atoms with Crippen LogP contribution in [0.15, 0.2) is 42.5 Å². The molecular formula is C19H18N2O3. The smallest absolute Gasteiger partial charge is 0.299 e. The maximum atomic E-state index is 12.3. The molecule has 24 heavy (non-hydrogen) atoms. The van der Waals surface area contributed by atoms with Gasteiger partial charge in [0.1, 0.15) is 0 Å². The SMILES string of the molecule is CC(C)c1cccc(CN2C(=O)C(=O)c3cc(C(N)=O)ccc32)c1. The van der Waals surface area contributed by atoms with Crippen LogP contribution in [0.25, 0.3) is 0 Å². The van der Waals surface area contributed by atoms with E-state index in [2.05, 4.69) is 13.8 Å². The molecule has 0 atom stereocenters. The molecular weight excluding hydrogens is 304 g/mol. The normalized spacial score (nSPS) is 13.5. The molecule has 0 fully saturated rings. The number of amides is 2. The number of benzene rings is 2. The lowest BCUT2D eigenvalue weighted by Crippen LogP contribution is -2.29. The van der Waals surface area contributed by atoms with Crippen LogP contribution in [0.1, 0.15) is 51.6 Å². The van der Waals surface area contributed by atoms with E-state index in [1.54, 1.807) is 6.07 Å². The van der Waals surface area contributed by atoms with Gasteiger partial charge in [-0.1, -0.05) is 38.1 Å². The van der Waals surface area contributed by atoms with Crippen molar-refractivity contribution in [3.63, 3.8) is 0 Å². The van der Waals surface area contributed by atoms with Crippen molar-refractivity contribution in [1.82, 2.24) is 0 Å². The fourth-order valence-corrected chi connectivity index (χ4v) is 2.84. The Balaban J connectivity index is 1.96. The summed E-state index contributed by atoms with van der Waals surface area (Å²) in [5, 5.41) is 0. The number of carbonyl (C=O) groups is 3. The third-order valence-electron chi connectivity index (χ3n) is 4.21. The Bertz CT molecular complexity index is 855. The summed E-state index contributed by atoms with van der Waals surface area (Å²) in [4.78, 5) is 37.3. The number of rotatable bonds is 4. The quantitative estimate of drug-likeness (QED) is 0.879. The van der Waals surface area contributed by atoms with Gasteiger partial charge in [0.05, 0.1) is 17.8 Å². The molecule has 2 aromatic carbocycles. The van der Waals surface area contributed by atoms with E-state index in [1.165, 1.54) is 22.6 Å². The number of Topliss-reactive ketones (excluding diaryl/α,β-unsaturated/α-hetero) is 1. The van der Waals surface area contributed by atoms with E-state index in [0.29, 0.717) is 18.2 Å². The molecule has 1 aliphatic heterocycles. The molecule has 0 aromatic heterocycles. The van der Waals surface area contributed by atoms with Crippen molar-refractivity contribution in [2.75, 3.05) is 4.90 Å². The van der Waals surface area contributed by atoms with Crippen LogP contribution in [0.2, 0.25) is 0 Å². The van der Waals surface area contributed by atoms with Gasteiger partial charge in [0.25, 0.3) is 11.7 Å². The van der Waals surface area contributed by atoms with Gasteiger partial charge in [-0.05, 0) is 35.2 Å². The van der Waals surface area contributed by atoms with Gasteiger partial charge in [0.2, 0.25) is 5.91 Å². The Labute approximate surface area is 140 Å². The van der Waals surface area contributed by atoms with Crippen LogP contribution in [0.3, 0.4) is 0 Å². The molecule has 2 aromatic rings. The first-order chi connectivity index (χ1) is 11.4. The zero-order valence-corrected chi connectivity index (χ0v) is 13.6. The van der Waals surface area contributed by atoms with Gasteiger partial charge in [-0.2, -0.15) is 0 Å². The molecule has 122 valence electrons. The van der Waals surface area contributed by atoms with Crippen molar-refractivity contribution in [3.05, 3.63) is 64.7 Å². The summed E-state index contributed by atoms with van der Waals surface area (Å²) in [6, 6.07) is 12.5. The minimum absolute atomic E-state index is 0.221. The van der Waals surface area contributed by atoms with E-state index in [9.17, 15) is 14.4 Å². The summed E-state index contributed by atoms with van der Waals surface area (Å²) in [6.45, 7) is 4.52. The molecule has 5 heteroatoms. The highest BCUT2D eigenvalue weighted by Crippen LogP contribution is 2.31. The molecule has 0 bridgehead atoms. The first-order valence-corrected chi connectivity index (χ1v) is 7.77. The number of hydrogen-bond donors (Lipinski definition) is 1. The topological polar surface area (TPSA) is 80.5 Å². The maximum Gasteiger partial charge on any atom is 0.299 e. The van der Waals surface area contributed by atoms with Crippen molar-refractivity contribution in [2.45, 2.75) is 26.3 Å². The molecule has 0 unspecified atom stereocenters. The standard InChI is InChI=1S/C19H18N2O3/c1-11(2)13-5-3-4-12(8-13)10-21-16-7-6-14(18(20)23)9-15(16)17(22)19(21)24/h3-9,11H,10H2,1-2H3,(H2,20,23). The lowest BCUT2D eigenvalue weighted by Gasteiger charge is -2.17. The Morgan fingerprint density at radius 3 is 2.54 bits per heavy atom. The number of nitrogens with two attached hydrogens (primary N) is 1. The number of hydrogen-bond acceptors (Lipinski definition) is 3. The number of fused-ring (bicyclic) bond motifs is 1. The first kappa shape index (κ1) is 15.9. The summed E-state index contributed by atoms with van der Waals surface area (Å²) in [5.41, 5.74) is 8.34. The van der Waals surface area contributed by atoms with E-state index in [-0.39, 0.29) is 11.1 Å². The molecule has 1 heterocycles. The highest BCUT2D eigenvalue weighted by atomic mass is 16.2. The predicted molar refractivity (Wildman–Crippen MR) is 91.0 cm³/mol. The van der Waals surface area contributed by atoms with Crippen LogP contribution in [-0.4, -0.2) is 17.6 Å². The molecule has 2 N–H and O–H groups in total. The molecule has 0 radical (unpaired) electrons. The van der Waals surface area contributed by atoms with Crippen LogP contribution in [0, 0.1) is 0 Å². The molecule has 2 amide bonds. The van der Waals surface area contributed by atoms with E-state index in [4.69, 9.17) is 5.73 Å². The van der Waals surface area contributed by atoms with E-state index in [0.717, 1.165) is 5.56 Å². The summed E-state index contributed by atoms with van der Waals surface area (Å²) >= 11 is 0. The van der Waals surface area contributed by atoms with Crippen molar-refractivity contribution < 1.29 is 14.4 Å². The summed E-state index contributed by atoms with van der Waals surface area (Å²) in [6.07, 6.45) is 0. The Morgan fingerprint density at radius 1 is 1.12 bits per heavy atom. The molecule has 3 rings (SSSR count). The molecule has 0 spiro atoms. The van der Waals surface area contributed by atoms with E-state index < -0.39 is 17.6 Å². The molecule has 0 aliphatic carbocycles. The van der Waals surface area contributed by atoms with Gasteiger partial charge in [-0.25, -0.2) is 0 Å². The molecule has 1 aliphatic rings. The van der Waals surface area contributed by atoms with E-state index >= 15 is 0 Å². The third kappa shape index (κ3) is 2.69. The molecule has 0 saturated heterocycles. The minimum atomic E-state index is -0.624. The van der Waals surface area contributed by atoms with Crippen molar-refractivity contribution in [1.29, 1.82) is 0 Å². The van der Waals surface area contributed by atoms with Crippen molar-refractivity contribution in [2.24, 2.45) is 5.73 Å². The van der Waals surface area contributed by atoms with Crippen LogP contribution < -0.4 is 10.6 Å². The van der Waals surface area contributed by atoms with Crippen molar-refractivity contribution in [3.8, 4) is 0 Å². The highest BCUT2D eigenvalue weighted by Gasteiger charge is 2.36. The van der Waals surface area contributed by atoms with Gasteiger partial charge >= 0.3 is 0 Å². The zero-order valence-electron chi connectivity index (χ0n) is 13.6. The number of carbonyl (C=O) groups excluding carboxylic acids is 3. The monoisotopic (exact) mass is 322 g/mol. The van der Waals surface area contributed by atoms with Crippen LogP contribution in [-0.2, 0) is 11.3 Å². The van der Waals surface area contributed by atoms with Gasteiger partial charge in [0.15, 0.2) is 0 Å². The number of ketones is 1. The lowest BCUT2D eigenvalue weighted by molar-refractivity contribution is -0.114. The molecule has 0 saturated carbocycles. The maximum absolute atomic E-state index is 12.3. The van der Waals surface area contributed by atoms with Crippen LogP contribution >= 0.6 is 0 Å². The first-order valence-electron chi connectivity index (χ1n) is 7.77. The van der Waals surface area contributed by atoms with Crippen molar-refractivity contribution >= 4 is 23.3 Å². The average Bonchev–Trinajstić information content (AvgIpc) is 2.79.